The van der Waals surface area contributed by atoms with Gasteiger partial charge in [0.25, 0.3) is 0 Å². The number of ether oxygens (including phenoxy) is 1. The fourth-order valence-corrected chi connectivity index (χ4v) is 2.45. The first-order chi connectivity index (χ1) is 10.3. The molecule has 1 aliphatic rings. The second kappa shape index (κ2) is 8.70. The number of carbonyl (C=O) groups excluding carboxylic acids is 1. The van der Waals surface area contributed by atoms with E-state index < -0.39 is 13.0 Å². The molecule has 0 bridgehead atoms. The maximum absolute atomic E-state index is 11.5. The van der Waals surface area contributed by atoms with E-state index in [2.05, 4.69) is 22.4 Å². The van der Waals surface area contributed by atoms with Crippen molar-refractivity contribution < 1.29 is 89.6 Å². The van der Waals surface area contributed by atoms with E-state index in [1.165, 1.54) is 23.8 Å². The number of fused-ring (bicyclic) bond motifs is 3. The standard InChI is InChI=1S/C13H14N2O2.K.Mn.4O/c1-17-13(16)11-6-9-8-4-2-3-5-10(8)15-12(9)7-14-11;;;;;;/h2-5,11,14-15H,6-7H2,1H3;;;;;;/q;+1;;;;;-1/t11-;;;;;;/m0....../s1. The number of aromatic nitrogens is 1. The van der Waals surface area contributed by atoms with Crippen LogP contribution >= 0.6 is 0 Å². The van der Waals surface area contributed by atoms with Crippen LogP contribution in [0.15, 0.2) is 24.3 Å². The van der Waals surface area contributed by atoms with Crippen molar-refractivity contribution >= 4 is 16.9 Å². The summed E-state index contributed by atoms with van der Waals surface area (Å²) in [6.45, 7) is 0.684. The van der Waals surface area contributed by atoms with E-state index in [1.54, 1.807) is 0 Å². The van der Waals surface area contributed by atoms with Gasteiger partial charge in [-0.25, -0.2) is 0 Å². The Hall–Kier alpha value is -0.294. The fourth-order valence-electron chi connectivity index (χ4n) is 2.45. The average Bonchev–Trinajstić information content (AvgIpc) is 2.82. The zero-order valence-corrected chi connectivity index (χ0v) is 16.9. The van der Waals surface area contributed by atoms with Crippen molar-refractivity contribution in [2.75, 3.05) is 7.11 Å². The minimum atomic E-state index is -5.62. The molecule has 0 radical (unpaired) electrons. The molecule has 1 atom stereocenters. The van der Waals surface area contributed by atoms with E-state index in [9.17, 15) is 4.79 Å². The van der Waals surface area contributed by atoms with Crippen LogP contribution in [0.4, 0.5) is 0 Å². The number of esters is 1. The van der Waals surface area contributed by atoms with Crippen LogP contribution in [0.2, 0.25) is 0 Å². The third-order valence-corrected chi connectivity index (χ3v) is 3.32. The normalized spacial score (nSPS) is 16.5. The number of rotatable bonds is 1. The van der Waals surface area contributed by atoms with Crippen LogP contribution < -0.4 is 60.9 Å². The predicted octanol–water partition coefficient (Wildman–Crippen LogP) is -3.19. The summed E-state index contributed by atoms with van der Waals surface area (Å²) in [6, 6.07) is 7.94. The summed E-state index contributed by atoms with van der Waals surface area (Å²) in [5.74, 6) is -0.194. The van der Waals surface area contributed by atoms with Crippen molar-refractivity contribution in [2.45, 2.75) is 19.0 Å². The van der Waals surface area contributed by atoms with Crippen LogP contribution in [0.25, 0.3) is 10.9 Å². The van der Waals surface area contributed by atoms with Crippen molar-refractivity contribution in [1.29, 1.82) is 0 Å². The molecule has 120 valence electrons. The van der Waals surface area contributed by atoms with Gasteiger partial charge >= 0.3 is 86.0 Å². The van der Waals surface area contributed by atoms with Gasteiger partial charge in [0.1, 0.15) is 6.04 Å². The summed E-state index contributed by atoms with van der Waals surface area (Å²) < 4.78 is 39.1. The first-order valence-corrected chi connectivity index (χ1v) is 8.23. The molecule has 1 aromatic heterocycles. The second-order valence-corrected chi connectivity index (χ2v) is 5.85. The molecule has 10 heteroatoms. The van der Waals surface area contributed by atoms with Gasteiger partial charge in [-0.15, -0.1) is 0 Å². The summed E-state index contributed by atoms with van der Waals surface area (Å²) >= 11 is -5.62. The van der Waals surface area contributed by atoms with E-state index in [0.29, 0.717) is 13.0 Å². The zero-order chi connectivity index (χ0) is 16.3. The molecule has 2 N–H and O–H groups in total. The van der Waals surface area contributed by atoms with Crippen molar-refractivity contribution in [1.82, 2.24) is 10.3 Å². The molecule has 0 saturated carbocycles. The van der Waals surface area contributed by atoms with Gasteiger partial charge in [-0.2, -0.15) is 0 Å². The fraction of sp³-hybridized carbons (Fsp3) is 0.308. The molecule has 23 heavy (non-hydrogen) atoms. The molecule has 0 aliphatic carbocycles. The number of para-hydroxylation sites is 1. The topological polar surface area (TPSA) is 128 Å². The molecule has 8 nitrogen and oxygen atoms in total. The molecule has 0 fully saturated rings. The number of hydrogen-bond acceptors (Lipinski definition) is 7. The van der Waals surface area contributed by atoms with E-state index >= 15 is 0 Å². The van der Waals surface area contributed by atoms with Crippen LogP contribution in [0.1, 0.15) is 11.3 Å². The minimum absolute atomic E-state index is 0. The summed E-state index contributed by atoms with van der Waals surface area (Å²) in [6.07, 6.45) is 0.687. The molecule has 0 unspecified atom stereocenters. The molecule has 0 spiro atoms. The summed E-state index contributed by atoms with van der Waals surface area (Å²) in [5, 5.41) is 4.39. The zero-order valence-electron chi connectivity index (χ0n) is 12.6. The van der Waals surface area contributed by atoms with Crippen molar-refractivity contribution in [3.8, 4) is 0 Å². The number of hydrogen-bond donors (Lipinski definition) is 2. The monoisotopic (exact) mass is 388 g/mol. The van der Waals surface area contributed by atoms with Crippen LogP contribution in [-0.2, 0) is 47.0 Å². The Balaban J connectivity index is 0.000000390. The van der Waals surface area contributed by atoms with Crippen LogP contribution in [0.3, 0.4) is 0 Å². The SMILES string of the molecule is COC(=O)[C@@H]1Cc2c([nH]c3ccccc23)CN1.[K+].[O]=[Mn](=[O])(=[O])[O-]. The molecule has 0 saturated heterocycles. The van der Waals surface area contributed by atoms with E-state index in [0.717, 1.165) is 5.52 Å². The number of carbonyl (C=O) groups is 1. The van der Waals surface area contributed by atoms with Gasteiger partial charge in [-0.3, -0.25) is 10.1 Å². The molecule has 0 amide bonds. The Morgan fingerprint density at radius 2 is 1.91 bits per heavy atom. The Kier molecular flexibility index (Phi) is 7.85. The quantitative estimate of drug-likeness (QED) is 0.389. The van der Waals surface area contributed by atoms with Gasteiger partial charge in [-0.1, -0.05) is 18.2 Å². The Labute approximate surface area is 176 Å². The van der Waals surface area contributed by atoms with Crippen LogP contribution in [-0.4, -0.2) is 24.1 Å². The van der Waals surface area contributed by atoms with Gasteiger partial charge in [0, 0.05) is 29.6 Å². The van der Waals surface area contributed by atoms with E-state index in [1.807, 2.05) is 12.1 Å². The molecule has 2 aromatic rings. The third kappa shape index (κ3) is 5.93. The van der Waals surface area contributed by atoms with Gasteiger partial charge in [0.05, 0.1) is 7.11 Å². The molecule has 2 heterocycles. The summed E-state index contributed by atoms with van der Waals surface area (Å²) in [4.78, 5) is 14.9. The molecular weight excluding hydrogens is 374 g/mol. The Morgan fingerprint density at radius 1 is 1.30 bits per heavy atom. The van der Waals surface area contributed by atoms with Crippen molar-refractivity contribution in [2.24, 2.45) is 0 Å². The van der Waals surface area contributed by atoms with Gasteiger partial charge < -0.3 is 9.72 Å². The third-order valence-electron chi connectivity index (χ3n) is 3.32. The number of methoxy groups -OCH3 is 1. The van der Waals surface area contributed by atoms with Crippen molar-refractivity contribution in [3.05, 3.63) is 35.5 Å². The first-order valence-electron chi connectivity index (χ1n) is 6.31. The van der Waals surface area contributed by atoms with Crippen LogP contribution in [0, 0.1) is 0 Å². The maximum atomic E-state index is 11.5. The second-order valence-electron chi connectivity index (χ2n) is 4.67. The molecular formula is C13H14KMnN2O6. The molecule has 1 aliphatic heterocycles. The predicted molar refractivity (Wildman–Crippen MR) is 66.7 cm³/mol. The molecule has 3 rings (SSSR count). The van der Waals surface area contributed by atoms with Crippen molar-refractivity contribution in [3.63, 3.8) is 0 Å². The Morgan fingerprint density at radius 3 is 2.52 bits per heavy atom. The molecule has 1 aromatic carbocycles. The summed E-state index contributed by atoms with van der Waals surface area (Å²) in [5.41, 5.74) is 3.53. The first kappa shape index (κ1) is 20.7. The summed E-state index contributed by atoms with van der Waals surface area (Å²) in [7, 11) is 1.43. The van der Waals surface area contributed by atoms with E-state index in [4.69, 9.17) is 20.4 Å². The van der Waals surface area contributed by atoms with Gasteiger partial charge in [0.15, 0.2) is 0 Å². The number of H-pyrrole nitrogens is 1. The number of nitrogens with one attached hydrogen (secondary N) is 2. The van der Waals surface area contributed by atoms with E-state index in [-0.39, 0.29) is 63.4 Å². The van der Waals surface area contributed by atoms with Crippen LogP contribution in [0.5, 0.6) is 0 Å². The number of aromatic amines is 1. The van der Waals surface area contributed by atoms with Gasteiger partial charge in [0.2, 0.25) is 0 Å². The number of benzene rings is 1. The Bertz CT molecular complexity index is 842. The van der Waals surface area contributed by atoms with Gasteiger partial charge in [-0.05, 0) is 11.6 Å². The average molecular weight is 388 g/mol.